The molecule has 20 heavy (non-hydrogen) atoms. The van der Waals surface area contributed by atoms with Crippen LogP contribution in [0, 0.1) is 0 Å². The van der Waals surface area contributed by atoms with Crippen molar-refractivity contribution in [3.8, 4) is 5.75 Å². The van der Waals surface area contributed by atoms with E-state index in [4.69, 9.17) is 14.3 Å². The normalized spacial score (nSPS) is 18.4. The third-order valence-electron chi connectivity index (χ3n) is 2.83. The Bertz CT molecular complexity index is 464. The molecule has 1 aromatic rings. The number of carbonyl (C=O) groups is 1. The molecule has 6 nitrogen and oxygen atoms in total. The Kier molecular flexibility index (Phi) is 5.63. The lowest BCUT2D eigenvalue weighted by molar-refractivity contribution is -0.185. The molecule has 1 heterocycles. The molecule has 1 atom stereocenters. The van der Waals surface area contributed by atoms with Gasteiger partial charge in [-0.25, -0.2) is 15.1 Å². The van der Waals surface area contributed by atoms with Gasteiger partial charge in [0.05, 0.1) is 12.8 Å². The fraction of sp³-hybridized carbons (Fsp3) is 0.462. The van der Waals surface area contributed by atoms with E-state index in [0.717, 1.165) is 23.7 Å². The largest absolute Gasteiger partial charge is 0.495 e. The van der Waals surface area contributed by atoms with Gasteiger partial charge in [-0.05, 0) is 31.0 Å². The predicted molar refractivity (Wildman–Crippen MR) is 77.5 cm³/mol. The third-order valence-corrected chi connectivity index (χ3v) is 3.32. The third kappa shape index (κ3) is 4.36. The van der Waals surface area contributed by atoms with Crippen molar-refractivity contribution in [3.05, 3.63) is 22.7 Å². The number of benzene rings is 1. The molecule has 1 fully saturated rings. The lowest BCUT2D eigenvalue weighted by Gasteiger charge is -2.22. The van der Waals surface area contributed by atoms with Crippen LogP contribution in [-0.4, -0.2) is 26.0 Å². The van der Waals surface area contributed by atoms with Crippen molar-refractivity contribution in [1.29, 1.82) is 0 Å². The number of ether oxygens (including phenoxy) is 2. The average molecular weight is 345 g/mol. The summed E-state index contributed by atoms with van der Waals surface area (Å²) in [6, 6.07) is 4.85. The highest BCUT2D eigenvalue weighted by atomic mass is 79.9. The number of hydrogen-bond donors (Lipinski definition) is 2. The quantitative estimate of drug-likeness (QED) is 0.823. The van der Waals surface area contributed by atoms with Gasteiger partial charge in [-0.2, -0.15) is 0 Å². The number of amides is 2. The van der Waals surface area contributed by atoms with Crippen molar-refractivity contribution in [2.75, 3.05) is 19.0 Å². The molecular weight excluding hydrogens is 328 g/mol. The van der Waals surface area contributed by atoms with Crippen LogP contribution in [0.5, 0.6) is 5.75 Å². The van der Waals surface area contributed by atoms with E-state index in [1.807, 2.05) is 6.07 Å². The van der Waals surface area contributed by atoms with Gasteiger partial charge in [-0.3, -0.25) is 0 Å². The maximum Gasteiger partial charge on any atom is 0.343 e. The SMILES string of the molecule is COc1ccc(Br)cc1NC(=O)NO[C@@H]1CCCCO1. The molecule has 0 bridgehead atoms. The van der Waals surface area contributed by atoms with Crippen molar-refractivity contribution in [2.45, 2.75) is 25.6 Å². The number of hydroxylamine groups is 1. The van der Waals surface area contributed by atoms with Gasteiger partial charge >= 0.3 is 6.03 Å². The average Bonchev–Trinajstić information content (AvgIpc) is 2.46. The summed E-state index contributed by atoms with van der Waals surface area (Å²) in [5.74, 6) is 0.567. The molecule has 1 saturated heterocycles. The molecule has 1 aliphatic heterocycles. The molecule has 2 amide bonds. The van der Waals surface area contributed by atoms with Crippen molar-refractivity contribution in [1.82, 2.24) is 5.48 Å². The van der Waals surface area contributed by atoms with Crippen LogP contribution in [0.3, 0.4) is 0 Å². The number of carbonyl (C=O) groups excluding carboxylic acids is 1. The fourth-order valence-electron chi connectivity index (χ4n) is 1.85. The molecule has 110 valence electrons. The van der Waals surface area contributed by atoms with Crippen molar-refractivity contribution >= 4 is 27.6 Å². The Labute approximate surface area is 125 Å². The van der Waals surface area contributed by atoms with E-state index in [9.17, 15) is 4.79 Å². The zero-order valence-electron chi connectivity index (χ0n) is 11.1. The molecule has 0 unspecified atom stereocenters. The van der Waals surface area contributed by atoms with Crippen molar-refractivity contribution in [3.63, 3.8) is 0 Å². The van der Waals surface area contributed by atoms with Crippen LogP contribution in [0.2, 0.25) is 0 Å². The van der Waals surface area contributed by atoms with Crippen LogP contribution in [0.1, 0.15) is 19.3 Å². The topological polar surface area (TPSA) is 68.8 Å². The van der Waals surface area contributed by atoms with Crippen LogP contribution in [0.25, 0.3) is 0 Å². The summed E-state index contributed by atoms with van der Waals surface area (Å²) in [6.45, 7) is 0.660. The predicted octanol–water partition coefficient (Wildman–Crippen LogP) is 3.04. The standard InChI is InChI=1S/C13H17BrN2O4/c1-18-11-6-5-9(14)8-10(11)15-13(17)16-20-12-4-2-3-7-19-12/h5-6,8,12H,2-4,7H2,1H3,(H2,15,16,17)/t12-/m1/s1. The van der Waals surface area contributed by atoms with E-state index in [1.165, 1.54) is 0 Å². The van der Waals surface area contributed by atoms with Crippen LogP contribution < -0.4 is 15.5 Å². The highest BCUT2D eigenvalue weighted by Crippen LogP contribution is 2.27. The summed E-state index contributed by atoms with van der Waals surface area (Å²) in [4.78, 5) is 16.9. The minimum Gasteiger partial charge on any atom is -0.495 e. The van der Waals surface area contributed by atoms with Gasteiger partial charge in [0.15, 0.2) is 6.29 Å². The van der Waals surface area contributed by atoms with Gasteiger partial charge < -0.3 is 14.8 Å². The first kappa shape index (κ1) is 15.1. The van der Waals surface area contributed by atoms with Crippen molar-refractivity contribution < 1.29 is 19.1 Å². The first-order valence-electron chi connectivity index (χ1n) is 6.37. The summed E-state index contributed by atoms with van der Waals surface area (Å²) in [7, 11) is 1.54. The van der Waals surface area contributed by atoms with Gasteiger partial charge in [-0.15, -0.1) is 0 Å². The van der Waals surface area contributed by atoms with Gasteiger partial charge in [-0.1, -0.05) is 15.9 Å². The zero-order valence-corrected chi connectivity index (χ0v) is 12.7. The Morgan fingerprint density at radius 3 is 3.00 bits per heavy atom. The molecule has 0 radical (unpaired) electrons. The molecule has 0 saturated carbocycles. The summed E-state index contributed by atoms with van der Waals surface area (Å²) < 4.78 is 11.4. The van der Waals surface area contributed by atoms with Gasteiger partial charge in [0.1, 0.15) is 5.75 Å². The van der Waals surface area contributed by atoms with Crippen molar-refractivity contribution in [2.24, 2.45) is 0 Å². The van der Waals surface area contributed by atoms with E-state index in [1.54, 1.807) is 19.2 Å². The monoisotopic (exact) mass is 344 g/mol. The lowest BCUT2D eigenvalue weighted by atomic mass is 10.2. The van der Waals surface area contributed by atoms with Gasteiger partial charge in [0.2, 0.25) is 0 Å². The molecule has 1 aliphatic rings. The zero-order chi connectivity index (χ0) is 14.4. The highest BCUT2D eigenvalue weighted by molar-refractivity contribution is 9.10. The Morgan fingerprint density at radius 2 is 2.30 bits per heavy atom. The van der Waals surface area contributed by atoms with Gasteiger partial charge in [0, 0.05) is 17.5 Å². The number of anilines is 1. The smallest absolute Gasteiger partial charge is 0.343 e. The Morgan fingerprint density at radius 1 is 1.45 bits per heavy atom. The highest BCUT2D eigenvalue weighted by Gasteiger charge is 2.16. The first-order valence-corrected chi connectivity index (χ1v) is 7.16. The van der Waals surface area contributed by atoms with E-state index in [2.05, 4.69) is 26.7 Å². The minimum absolute atomic E-state index is 0.376. The molecule has 0 aromatic heterocycles. The number of methoxy groups -OCH3 is 1. The lowest BCUT2D eigenvalue weighted by Crippen LogP contribution is -2.35. The Hall–Kier alpha value is -1.31. The molecular formula is C13H17BrN2O4. The number of halogens is 1. The molecule has 2 rings (SSSR count). The van der Waals surface area contributed by atoms with E-state index in [-0.39, 0.29) is 6.29 Å². The van der Waals surface area contributed by atoms with Gasteiger partial charge in [0.25, 0.3) is 0 Å². The second kappa shape index (κ2) is 7.47. The van der Waals surface area contributed by atoms with E-state index < -0.39 is 6.03 Å². The molecule has 2 N–H and O–H groups in total. The summed E-state index contributed by atoms with van der Waals surface area (Å²) >= 11 is 3.34. The second-order valence-corrected chi connectivity index (χ2v) is 5.23. The molecule has 1 aromatic carbocycles. The Balaban J connectivity index is 1.86. The second-order valence-electron chi connectivity index (χ2n) is 4.31. The number of rotatable bonds is 4. The number of nitrogens with one attached hydrogen (secondary N) is 2. The first-order chi connectivity index (χ1) is 9.69. The summed E-state index contributed by atoms with van der Waals surface area (Å²) in [5, 5.41) is 2.66. The summed E-state index contributed by atoms with van der Waals surface area (Å²) in [5.41, 5.74) is 2.87. The minimum atomic E-state index is -0.476. The number of hydrogen-bond acceptors (Lipinski definition) is 4. The molecule has 0 spiro atoms. The van der Waals surface area contributed by atoms with Crippen LogP contribution in [0.4, 0.5) is 10.5 Å². The maximum atomic E-state index is 11.8. The van der Waals surface area contributed by atoms with Crippen LogP contribution >= 0.6 is 15.9 Å². The fourth-order valence-corrected chi connectivity index (χ4v) is 2.21. The molecule has 7 heteroatoms. The van der Waals surface area contributed by atoms with E-state index >= 15 is 0 Å². The summed E-state index contributed by atoms with van der Waals surface area (Å²) in [6.07, 6.45) is 2.47. The van der Waals surface area contributed by atoms with E-state index in [0.29, 0.717) is 18.0 Å². The number of urea groups is 1. The maximum absolute atomic E-state index is 11.8. The van der Waals surface area contributed by atoms with Crippen LogP contribution in [-0.2, 0) is 9.57 Å². The molecule has 0 aliphatic carbocycles. The van der Waals surface area contributed by atoms with Crippen LogP contribution in [0.15, 0.2) is 22.7 Å².